The highest BCUT2D eigenvalue weighted by Crippen LogP contribution is 2.31. The Morgan fingerprint density at radius 2 is 1.93 bits per heavy atom. The summed E-state index contributed by atoms with van der Waals surface area (Å²) in [6.45, 7) is -2.24. The molecule has 3 aromatic rings. The first-order valence-corrected chi connectivity index (χ1v) is 9.20. The maximum absolute atomic E-state index is 14.2. The second-order valence-corrected chi connectivity index (χ2v) is 6.76. The number of benzene rings is 2. The zero-order valence-electron chi connectivity index (χ0n) is 15.1. The molecule has 1 atom stereocenters. The average Bonchev–Trinajstić information content (AvgIpc) is 3.12. The minimum Gasteiger partial charge on any atom is -0.435 e. The Bertz CT molecular complexity index is 940. The van der Waals surface area contributed by atoms with Gasteiger partial charge in [-0.2, -0.15) is 13.9 Å². The van der Waals surface area contributed by atoms with Gasteiger partial charge in [0.05, 0.1) is 6.20 Å². The van der Waals surface area contributed by atoms with Gasteiger partial charge in [0.25, 0.3) is 0 Å². The van der Waals surface area contributed by atoms with Gasteiger partial charge >= 0.3 is 6.61 Å². The third-order valence-electron chi connectivity index (χ3n) is 4.96. The van der Waals surface area contributed by atoms with E-state index in [1.807, 2.05) is 0 Å². The number of ether oxygens (including phenoxy) is 1. The zero-order valence-corrected chi connectivity index (χ0v) is 15.1. The van der Waals surface area contributed by atoms with Gasteiger partial charge in [0.1, 0.15) is 17.3 Å². The number of alkyl halides is 2. The molecule has 28 heavy (non-hydrogen) atoms. The molecule has 7 heteroatoms. The van der Waals surface area contributed by atoms with Crippen molar-refractivity contribution in [1.82, 2.24) is 15.1 Å². The minimum atomic E-state index is -2.82. The summed E-state index contributed by atoms with van der Waals surface area (Å²) >= 11 is 0. The largest absolute Gasteiger partial charge is 0.435 e. The maximum Gasteiger partial charge on any atom is 0.387 e. The third-order valence-corrected chi connectivity index (χ3v) is 4.96. The number of nitrogens with zero attached hydrogens (tertiary/aromatic N) is 2. The van der Waals surface area contributed by atoms with E-state index in [0.29, 0.717) is 12.2 Å². The number of fused-ring (bicyclic) bond motifs is 1. The Labute approximate surface area is 160 Å². The summed E-state index contributed by atoms with van der Waals surface area (Å²) in [5, 5.41) is 7.92. The molecule has 0 aliphatic heterocycles. The predicted molar refractivity (Wildman–Crippen MR) is 99.1 cm³/mol. The molecule has 0 bridgehead atoms. The van der Waals surface area contributed by atoms with Crippen LogP contribution in [0.1, 0.15) is 35.7 Å². The lowest BCUT2D eigenvalue weighted by molar-refractivity contribution is -0.0498. The smallest absolute Gasteiger partial charge is 0.387 e. The van der Waals surface area contributed by atoms with Gasteiger partial charge in [-0.1, -0.05) is 24.3 Å². The lowest BCUT2D eigenvalue weighted by Gasteiger charge is -2.24. The molecular formula is C21H20F3N3O. The number of rotatable bonds is 6. The molecule has 146 valence electrons. The fourth-order valence-electron chi connectivity index (χ4n) is 3.63. The van der Waals surface area contributed by atoms with Gasteiger partial charge in [0, 0.05) is 23.8 Å². The fourth-order valence-corrected chi connectivity index (χ4v) is 3.63. The average molecular weight is 387 g/mol. The monoisotopic (exact) mass is 387 g/mol. The van der Waals surface area contributed by atoms with Crippen LogP contribution in [-0.4, -0.2) is 16.4 Å². The van der Waals surface area contributed by atoms with Crippen molar-refractivity contribution in [3.63, 3.8) is 0 Å². The van der Waals surface area contributed by atoms with E-state index in [1.165, 1.54) is 18.2 Å². The summed E-state index contributed by atoms with van der Waals surface area (Å²) in [5.74, 6) is -0.153. The quantitative estimate of drug-likeness (QED) is 0.662. The van der Waals surface area contributed by atoms with Crippen LogP contribution in [0.5, 0.6) is 5.75 Å². The SMILES string of the molecule is Fc1ccccc1-n1ncc2c1CCC[C@@H]2NCc1ccc(OC(F)F)cc1. The van der Waals surface area contributed by atoms with Crippen LogP contribution in [0.4, 0.5) is 13.2 Å². The third kappa shape index (κ3) is 3.89. The molecular weight excluding hydrogens is 367 g/mol. The number of nitrogens with one attached hydrogen (secondary N) is 1. The molecule has 0 saturated carbocycles. The Hall–Kier alpha value is -2.80. The topological polar surface area (TPSA) is 39.1 Å². The van der Waals surface area contributed by atoms with Gasteiger partial charge in [-0.15, -0.1) is 0 Å². The van der Waals surface area contributed by atoms with Crippen molar-refractivity contribution in [3.05, 3.63) is 77.4 Å². The second-order valence-electron chi connectivity index (χ2n) is 6.76. The highest BCUT2D eigenvalue weighted by atomic mass is 19.3. The standard InChI is InChI=1S/C21H20F3N3O/c22-17-4-1-2-6-20(17)27-19-7-3-5-18(16(19)13-26-27)25-12-14-8-10-15(11-9-14)28-21(23)24/h1-2,4,6,8-11,13,18,21,25H,3,5,7,12H2/t18-/m0/s1. The summed E-state index contributed by atoms with van der Waals surface area (Å²) in [5.41, 5.74) is 3.52. The van der Waals surface area contributed by atoms with Crippen molar-refractivity contribution in [3.8, 4) is 11.4 Å². The number of aromatic nitrogens is 2. The fraction of sp³-hybridized carbons (Fsp3) is 0.286. The van der Waals surface area contributed by atoms with Crippen LogP contribution >= 0.6 is 0 Å². The lowest BCUT2D eigenvalue weighted by atomic mass is 9.92. The molecule has 1 aliphatic rings. The summed E-state index contributed by atoms with van der Waals surface area (Å²) in [6, 6.07) is 13.3. The summed E-state index contributed by atoms with van der Waals surface area (Å²) in [6.07, 6.45) is 4.59. The molecule has 0 unspecified atom stereocenters. The van der Waals surface area contributed by atoms with Crippen LogP contribution in [0.15, 0.2) is 54.7 Å². The van der Waals surface area contributed by atoms with E-state index in [0.717, 1.165) is 36.1 Å². The number of hydrogen-bond donors (Lipinski definition) is 1. The molecule has 1 aromatic heterocycles. The number of hydrogen-bond acceptors (Lipinski definition) is 3. The predicted octanol–water partition coefficient (Wildman–Crippen LogP) is 4.78. The van der Waals surface area contributed by atoms with Gasteiger partial charge in [-0.25, -0.2) is 9.07 Å². The van der Waals surface area contributed by atoms with E-state index in [4.69, 9.17) is 0 Å². The Kier molecular flexibility index (Phi) is 5.34. The molecule has 0 spiro atoms. The van der Waals surface area contributed by atoms with Crippen LogP contribution in [0, 0.1) is 5.82 Å². The molecule has 4 nitrogen and oxygen atoms in total. The molecule has 0 saturated heterocycles. The van der Waals surface area contributed by atoms with Crippen molar-refractivity contribution >= 4 is 0 Å². The summed E-state index contributed by atoms with van der Waals surface area (Å²) in [7, 11) is 0. The highest BCUT2D eigenvalue weighted by molar-refractivity contribution is 5.38. The van der Waals surface area contributed by atoms with Gasteiger partial charge in [0.2, 0.25) is 0 Å². The van der Waals surface area contributed by atoms with Crippen molar-refractivity contribution in [2.45, 2.75) is 38.5 Å². The molecule has 0 amide bonds. The maximum atomic E-state index is 14.2. The molecule has 1 heterocycles. The molecule has 0 fully saturated rings. The number of halogens is 3. The van der Waals surface area contributed by atoms with Gasteiger partial charge < -0.3 is 10.1 Å². The molecule has 4 rings (SSSR count). The zero-order chi connectivity index (χ0) is 19.5. The molecule has 1 aliphatic carbocycles. The van der Waals surface area contributed by atoms with Gasteiger partial charge in [-0.3, -0.25) is 0 Å². The van der Waals surface area contributed by atoms with E-state index in [9.17, 15) is 13.2 Å². The molecule has 0 radical (unpaired) electrons. The first kappa shape index (κ1) is 18.6. The first-order valence-electron chi connectivity index (χ1n) is 9.20. The van der Waals surface area contributed by atoms with E-state index in [-0.39, 0.29) is 17.6 Å². The van der Waals surface area contributed by atoms with Crippen LogP contribution in [0.3, 0.4) is 0 Å². The Balaban J connectivity index is 1.48. The van der Waals surface area contributed by atoms with Gasteiger partial charge in [-0.05, 0) is 49.1 Å². The first-order chi connectivity index (χ1) is 13.6. The minimum absolute atomic E-state index is 0.112. The van der Waals surface area contributed by atoms with E-state index in [1.54, 1.807) is 41.2 Å². The summed E-state index contributed by atoms with van der Waals surface area (Å²) < 4.78 is 44.7. The highest BCUT2D eigenvalue weighted by Gasteiger charge is 2.25. The van der Waals surface area contributed by atoms with Crippen LogP contribution in [0.2, 0.25) is 0 Å². The van der Waals surface area contributed by atoms with Gasteiger partial charge in [0.15, 0.2) is 0 Å². The van der Waals surface area contributed by atoms with E-state index >= 15 is 0 Å². The van der Waals surface area contributed by atoms with Crippen molar-refractivity contribution in [2.75, 3.05) is 0 Å². The Morgan fingerprint density at radius 1 is 1.14 bits per heavy atom. The number of para-hydroxylation sites is 1. The Morgan fingerprint density at radius 3 is 2.68 bits per heavy atom. The van der Waals surface area contributed by atoms with Crippen LogP contribution in [0.25, 0.3) is 5.69 Å². The van der Waals surface area contributed by atoms with Crippen molar-refractivity contribution < 1.29 is 17.9 Å². The van der Waals surface area contributed by atoms with Crippen molar-refractivity contribution in [1.29, 1.82) is 0 Å². The lowest BCUT2D eigenvalue weighted by Crippen LogP contribution is -2.25. The summed E-state index contributed by atoms with van der Waals surface area (Å²) in [4.78, 5) is 0. The van der Waals surface area contributed by atoms with Crippen molar-refractivity contribution in [2.24, 2.45) is 0 Å². The van der Waals surface area contributed by atoms with E-state index in [2.05, 4.69) is 15.2 Å². The van der Waals surface area contributed by atoms with E-state index < -0.39 is 6.61 Å². The normalized spacial score (nSPS) is 16.2. The second kappa shape index (κ2) is 8.06. The van der Waals surface area contributed by atoms with Crippen LogP contribution < -0.4 is 10.1 Å². The van der Waals surface area contributed by atoms with Crippen LogP contribution in [-0.2, 0) is 13.0 Å². The molecule has 2 aromatic carbocycles. The molecule has 1 N–H and O–H groups in total.